The van der Waals surface area contributed by atoms with Crippen molar-refractivity contribution in [2.24, 2.45) is 5.92 Å². The Morgan fingerprint density at radius 1 is 1.25 bits per heavy atom. The molecule has 1 aromatic rings. The molecule has 1 aromatic heterocycles. The summed E-state index contributed by atoms with van der Waals surface area (Å²) in [6.45, 7) is 7.26. The molecule has 2 heteroatoms. The van der Waals surface area contributed by atoms with Gasteiger partial charge in [0.05, 0.1) is 5.69 Å². The highest BCUT2D eigenvalue weighted by Gasteiger charge is 2.22. The van der Waals surface area contributed by atoms with Gasteiger partial charge in [0.25, 0.3) is 0 Å². The molecule has 90 valence electrons. The van der Waals surface area contributed by atoms with Crippen LogP contribution in [0.5, 0.6) is 0 Å². The average Bonchev–Trinajstić information content (AvgIpc) is 2.35. The molecule has 2 nitrogen and oxygen atoms in total. The van der Waals surface area contributed by atoms with E-state index in [2.05, 4.69) is 31.8 Å². The maximum absolute atomic E-state index is 5.87. The standard InChI is InChI=1S/C14H23NO/c1-4-9-12(5-2)14(16-6-3)13-10-7-8-11-15-13/h7-8,10-12,14H,4-6,9H2,1-3H3. The quantitative estimate of drug-likeness (QED) is 0.694. The SMILES string of the molecule is CCCC(CC)C(OCC)c1ccccn1. The Hall–Kier alpha value is -0.890. The molecular formula is C14H23NO. The van der Waals surface area contributed by atoms with Gasteiger partial charge in [-0.2, -0.15) is 0 Å². The number of aromatic nitrogens is 1. The molecule has 0 amide bonds. The molecule has 1 rings (SSSR count). The van der Waals surface area contributed by atoms with Crippen molar-refractivity contribution < 1.29 is 4.74 Å². The molecule has 2 atom stereocenters. The second-order valence-electron chi connectivity index (χ2n) is 4.09. The number of ether oxygens (including phenoxy) is 1. The fourth-order valence-corrected chi connectivity index (χ4v) is 2.13. The van der Waals surface area contributed by atoms with Crippen LogP contribution in [0.25, 0.3) is 0 Å². The van der Waals surface area contributed by atoms with E-state index < -0.39 is 0 Å². The van der Waals surface area contributed by atoms with Crippen LogP contribution in [0.1, 0.15) is 51.8 Å². The van der Waals surface area contributed by atoms with Gasteiger partial charge in [0.1, 0.15) is 6.10 Å². The molecule has 16 heavy (non-hydrogen) atoms. The molecule has 0 radical (unpaired) electrons. The molecule has 0 aromatic carbocycles. The third-order valence-corrected chi connectivity index (χ3v) is 2.94. The van der Waals surface area contributed by atoms with Gasteiger partial charge < -0.3 is 4.74 Å². The van der Waals surface area contributed by atoms with Crippen LogP contribution in [0.3, 0.4) is 0 Å². The number of rotatable bonds is 7. The van der Waals surface area contributed by atoms with E-state index in [0.29, 0.717) is 5.92 Å². The first-order chi connectivity index (χ1) is 7.83. The molecule has 0 fully saturated rings. The Morgan fingerprint density at radius 3 is 2.56 bits per heavy atom. The molecule has 0 aliphatic heterocycles. The Bertz CT molecular complexity index is 273. The minimum atomic E-state index is 0.163. The highest BCUT2D eigenvalue weighted by molar-refractivity contribution is 5.08. The zero-order valence-electron chi connectivity index (χ0n) is 10.6. The molecule has 0 aliphatic carbocycles. The Morgan fingerprint density at radius 2 is 2.06 bits per heavy atom. The van der Waals surface area contributed by atoms with Crippen molar-refractivity contribution in [3.8, 4) is 0 Å². The number of nitrogens with zero attached hydrogens (tertiary/aromatic N) is 1. The summed E-state index contributed by atoms with van der Waals surface area (Å²) < 4.78 is 5.87. The fourth-order valence-electron chi connectivity index (χ4n) is 2.13. The van der Waals surface area contributed by atoms with Gasteiger partial charge in [-0.1, -0.05) is 32.8 Å². The van der Waals surface area contributed by atoms with E-state index in [4.69, 9.17) is 4.74 Å². The van der Waals surface area contributed by atoms with Gasteiger partial charge in [-0.3, -0.25) is 4.98 Å². The largest absolute Gasteiger partial charge is 0.372 e. The van der Waals surface area contributed by atoms with Crippen LogP contribution in [-0.4, -0.2) is 11.6 Å². The first-order valence-corrected chi connectivity index (χ1v) is 6.35. The lowest BCUT2D eigenvalue weighted by Crippen LogP contribution is -2.17. The van der Waals surface area contributed by atoms with Crippen LogP contribution in [-0.2, 0) is 4.74 Å². The van der Waals surface area contributed by atoms with Crippen molar-refractivity contribution >= 4 is 0 Å². The first-order valence-electron chi connectivity index (χ1n) is 6.35. The lowest BCUT2D eigenvalue weighted by Gasteiger charge is -2.25. The molecule has 0 spiro atoms. The van der Waals surface area contributed by atoms with E-state index >= 15 is 0 Å². The average molecular weight is 221 g/mol. The number of hydrogen-bond donors (Lipinski definition) is 0. The van der Waals surface area contributed by atoms with Crippen molar-refractivity contribution in [2.75, 3.05) is 6.61 Å². The van der Waals surface area contributed by atoms with Crippen LogP contribution < -0.4 is 0 Å². The van der Waals surface area contributed by atoms with E-state index in [9.17, 15) is 0 Å². The van der Waals surface area contributed by atoms with Crippen molar-refractivity contribution in [2.45, 2.75) is 46.1 Å². The van der Waals surface area contributed by atoms with Gasteiger partial charge in [-0.05, 0) is 31.4 Å². The molecule has 0 aliphatic rings. The number of hydrogen-bond acceptors (Lipinski definition) is 2. The predicted molar refractivity (Wildman–Crippen MR) is 67.3 cm³/mol. The summed E-state index contributed by atoms with van der Waals surface area (Å²) >= 11 is 0. The fraction of sp³-hybridized carbons (Fsp3) is 0.643. The number of pyridine rings is 1. The lowest BCUT2D eigenvalue weighted by atomic mass is 9.92. The third-order valence-electron chi connectivity index (χ3n) is 2.94. The van der Waals surface area contributed by atoms with Crippen LogP contribution >= 0.6 is 0 Å². The molecule has 0 saturated heterocycles. The molecule has 0 bridgehead atoms. The van der Waals surface area contributed by atoms with Gasteiger partial charge in [0.15, 0.2) is 0 Å². The summed E-state index contributed by atoms with van der Waals surface area (Å²) in [6.07, 6.45) is 5.57. The maximum atomic E-state index is 5.87. The second-order valence-corrected chi connectivity index (χ2v) is 4.09. The topological polar surface area (TPSA) is 22.1 Å². The predicted octanol–water partition coefficient (Wildman–Crippen LogP) is 3.99. The van der Waals surface area contributed by atoms with Crippen molar-refractivity contribution in [3.05, 3.63) is 30.1 Å². The van der Waals surface area contributed by atoms with E-state index in [1.165, 1.54) is 12.8 Å². The normalized spacial score (nSPS) is 14.7. The molecule has 0 saturated carbocycles. The van der Waals surface area contributed by atoms with Crippen LogP contribution in [0.2, 0.25) is 0 Å². The van der Waals surface area contributed by atoms with Gasteiger partial charge in [-0.25, -0.2) is 0 Å². The van der Waals surface area contributed by atoms with Gasteiger partial charge in [-0.15, -0.1) is 0 Å². The highest BCUT2D eigenvalue weighted by Crippen LogP contribution is 2.30. The maximum Gasteiger partial charge on any atom is 0.102 e. The van der Waals surface area contributed by atoms with E-state index in [1.54, 1.807) is 0 Å². The minimum Gasteiger partial charge on any atom is -0.372 e. The zero-order valence-corrected chi connectivity index (χ0v) is 10.6. The van der Waals surface area contributed by atoms with Gasteiger partial charge in [0, 0.05) is 12.8 Å². The summed E-state index contributed by atoms with van der Waals surface area (Å²) in [4.78, 5) is 4.42. The smallest absolute Gasteiger partial charge is 0.102 e. The van der Waals surface area contributed by atoms with Crippen LogP contribution in [0.4, 0.5) is 0 Å². The van der Waals surface area contributed by atoms with E-state index in [-0.39, 0.29) is 6.10 Å². The van der Waals surface area contributed by atoms with E-state index in [0.717, 1.165) is 18.7 Å². The van der Waals surface area contributed by atoms with Crippen molar-refractivity contribution in [1.29, 1.82) is 0 Å². The summed E-state index contributed by atoms with van der Waals surface area (Å²) in [7, 11) is 0. The molecular weight excluding hydrogens is 198 g/mol. The Kier molecular flexibility index (Phi) is 6.09. The molecule has 1 heterocycles. The summed E-state index contributed by atoms with van der Waals surface area (Å²) in [6, 6.07) is 6.05. The monoisotopic (exact) mass is 221 g/mol. The lowest BCUT2D eigenvalue weighted by molar-refractivity contribution is 0.0107. The summed E-state index contributed by atoms with van der Waals surface area (Å²) in [5.41, 5.74) is 1.07. The molecule has 0 N–H and O–H groups in total. The van der Waals surface area contributed by atoms with Crippen molar-refractivity contribution in [3.63, 3.8) is 0 Å². The van der Waals surface area contributed by atoms with E-state index in [1.807, 2.05) is 18.3 Å². The minimum absolute atomic E-state index is 0.163. The Labute approximate surface area is 99.0 Å². The zero-order chi connectivity index (χ0) is 11.8. The summed E-state index contributed by atoms with van der Waals surface area (Å²) in [5.74, 6) is 0.583. The second kappa shape index (κ2) is 7.39. The summed E-state index contributed by atoms with van der Waals surface area (Å²) in [5, 5.41) is 0. The highest BCUT2D eigenvalue weighted by atomic mass is 16.5. The first kappa shape index (κ1) is 13.2. The van der Waals surface area contributed by atoms with Gasteiger partial charge in [0.2, 0.25) is 0 Å². The molecule has 2 unspecified atom stereocenters. The van der Waals surface area contributed by atoms with Crippen molar-refractivity contribution in [1.82, 2.24) is 4.98 Å². The van der Waals surface area contributed by atoms with Crippen LogP contribution in [0, 0.1) is 5.92 Å². The third kappa shape index (κ3) is 3.60. The van der Waals surface area contributed by atoms with Crippen LogP contribution in [0.15, 0.2) is 24.4 Å². The van der Waals surface area contributed by atoms with Gasteiger partial charge >= 0.3 is 0 Å². The Balaban J connectivity index is 2.80.